The molecule has 0 unspecified atom stereocenters. The number of benzene rings is 3. The van der Waals surface area contributed by atoms with Crippen LogP contribution in [0.1, 0.15) is 17.1 Å². The summed E-state index contributed by atoms with van der Waals surface area (Å²) in [5.41, 5.74) is 14.9. The Hall–Kier alpha value is -4.32. The summed E-state index contributed by atoms with van der Waals surface area (Å²) in [6.45, 7) is 1.95. The minimum atomic E-state index is 0.643. The van der Waals surface area contributed by atoms with Crippen molar-refractivity contribution in [2.45, 2.75) is 13.3 Å². The maximum atomic E-state index is 6.49. The van der Waals surface area contributed by atoms with Gasteiger partial charge in [-0.3, -0.25) is 0 Å². The van der Waals surface area contributed by atoms with Gasteiger partial charge in [0, 0.05) is 23.2 Å². The minimum Gasteiger partial charge on any atom is -0.383 e. The minimum absolute atomic E-state index is 0.643. The van der Waals surface area contributed by atoms with E-state index < -0.39 is 0 Å². The summed E-state index contributed by atoms with van der Waals surface area (Å²) in [6, 6.07) is 25.1. The van der Waals surface area contributed by atoms with Crippen molar-refractivity contribution in [3.63, 3.8) is 0 Å². The van der Waals surface area contributed by atoms with E-state index in [-0.39, 0.29) is 0 Å². The van der Waals surface area contributed by atoms with E-state index in [1.165, 1.54) is 16.5 Å². The maximum Gasteiger partial charge on any atom is 0.130 e. The zero-order chi connectivity index (χ0) is 21.7. The number of fused-ring (bicyclic) bond motifs is 2. The number of nitrogens with one attached hydrogen (secondary N) is 2. The highest BCUT2D eigenvalue weighted by Gasteiger charge is 2.13. The molecule has 0 amide bonds. The number of aromatic amines is 2. The summed E-state index contributed by atoms with van der Waals surface area (Å²) in [6.07, 6.45) is 2.53. The normalized spacial score (nSPS) is 11.5. The Morgan fingerprint density at radius 2 is 1.75 bits per heavy atom. The lowest BCUT2D eigenvalue weighted by Gasteiger charge is -2.05. The fourth-order valence-corrected chi connectivity index (χ4v) is 4.29. The molecular formula is C26H22N6. The van der Waals surface area contributed by atoms with Crippen LogP contribution in [0.3, 0.4) is 0 Å². The number of anilines is 1. The zero-order valence-corrected chi connectivity index (χ0v) is 17.6. The van der Waals surface area contributed by atoms with Gasteiger partial charge in [0.05, 0.1) is 22.9 Å². The average molecular weight is 419 g/mol. The Balaban J connectivity index is 1.31. The smallest absolute Gasteiger partial charge is 0.130 e. The summed E-state index contributed by atoms with van der Waals surface area (Å²) in [5, 5.41) is 5.73. The molecule has 0 aliphatic carbocycles. The molecule has 0 aliphatic rings. The maximum absolute atomic E-state index is 6.49. The van der Waals surface area contributed by atoms with E-state index in [1.54, 1.807) is 4.68 Å². The second-order valence-corrected chi connectivity index (χ2v) is 8.13. The van der Waals surface area contributed by atoms with Crippen molar-refractivity contribution >= 4 is 27.8 Å². The molecule has 0 atom stereocenters. The first-order valence-electron chi connectivity index (χ1n) is 10.6. The Morgan fingerprint density at radius 3 is 2.62 bits per heavy atom. The molecule has 6 aromatic rings. The predicted octanol–water partition coefficient (Wildman–Crippen LogP) is 5.38. The van der Waals surface area contributed by atoms with E-state index in [1.807, 2.05) is 37.4 Å². The van der Waals surface area contributed by atoms with Crippen LogP contribution in [0.5, 0.6) is 0 Å². The SMILES string of the molecule is Cc1nc2ccc(-n3ncc(Cc4cc5ccc(-c6ccccc6)cc5[nH]4)c3N)cc2[nH]1. The van der Waals surface area contributed by atoms with Gasteiger partial charge in [-0.15, -0.1) is 0 Å². The van der Waals surface area contributed by atoms with Crippen LogP contribution < -0.4 is 5.73 Å². The van der Waals surface area contributed by atoms with Crippen molar-refractivity contribution in [2.75, 3.05) is 5.73 Å². The van der Waals surface area contributed by atoms with Crippen molar-refractivity contribution in [3.8, 4) is 16.8 Å². The lowest BCUT2D eigenvalue weighted by molar-refractivity contribution is 0.892. The largest absolute Gasteiger partial charge is 0.383 e. The molecule has 6 rings (SSSR count). The van der Waals surface area contributed by atoms with Crippen LogP contribution in [0.15, 0.2) is 79.0 Å². The van der Waals surface area contributed by atoms with Crippen LogP contribution >= 0.6 is 0 Å². The lowest BCUT2D eigenvalue weighted by Crippen LogP contribution is -2.03. The topological polar surface area (TPSA) is 88.3 Å². The third kappa shape index (κ3) is 3.13. The monoisotopic (exact) mass is 418 g/mol. The molecule has 3 aromatic carbocycles. The van der Waals surface area contributed by atoms with Gasteiger partial charge in [-0.05, 0) is 53.8 Å². The van der Waals surface area contributed by atoms with E-state index in [0.29, 0.717) is 12.2 Å². The second-order valence-electron chi connectivity index (χ2n) is 8.13. The van der Waals surface area contributed by atoms with Crippen LogP contribution in [0, 0.1) is 6.92 Å². The van der Waals surface area contributed by atoms with Crippen molar-refractivity contribution in [3.05, 3.63) is 96.1 Å². The number of aromatic nitrogens is 5. The number of hydrogen-bond donors (Lipinski definition) is 3. The van der Waals surface area contributed by atoms with Crippen molar-refractivity contribution < 1.29 is 0 Å². The van der Waals surface area contributed by atoms with Gasteiger partial charge in [-0.25, -0.2) is 9.67 Å². The third-order valence-electron chi connectivity index (χ3n) is 5.88. The van der Waals surface area contributed by atoms with E-state index in [9.17, 15) is 0 Å². The number of imidazole rings is 1. The molecule has 0 spiro atoms. The second kappa shape index (κ2) is 7.13. The van der Waals surface area contributed by atoms with Crippen molar-refractivity contribution in [1.29, 1.82) is 0 Å². The highest BCUT2D eigenvalue weighted by Crippen LogP contribution is 2.27. The van der Waals surface area contributed by atoms with Gasteiger partial charge in [-0.1, -0.05) is 42.5 Å². The number of nitrogens with two attached hydrogens (primary N) is 1. The Morgan fingerprint density at radius 1 is 0.875 bits per heavy atom. The van der Waals surface area contributed by atoms with Crippen LogP contribution in [0.4, 0.5) is 5.82 Å². The fraction of sp³-hybridized carbons (Fsp3) is 0.0769. The molecule has 3 aromatic heterocycles. The molecule has 3 heterocycles. The number of hydrogen-bond acceptors (Lipinski definition) is 3. The van der Waals surface area contributed by atoms with Gasteiger partial charge in [0.25, 0.3) is 0 Å². The first-order valence-corrected chi connectivity index (χ1v) is 10.6. The van der Waals surface area contributed by atoms with Crippen LogP contribution in [0.2, 0.25) is 0 Å². The first kappa shape index (κ1) is 18.4. The molecule has 4 N–H and O–H groups in total. The third-order valence-corrected chi connectivity index (χ3v) is 5.88. The van der Waals surface area contributed by atoms with Gasteiger partial charge < -0.3 is 15.7 Å². The predicted molar refractivity (Wildman–Crippen MR) is 129 cm³/mol. The van der Waals surface area contributed by atoms with E-state index in [2.05, 4.69) is 68.6 Å². The Labute approximate surface area is 184 Å². The fourth-order valence-electron chi connectivity index (χ4n) is 4.29. The molecule has 0 bridgehead atoms. The summed E-state index contributed by atoms with van der Waals surface area (Å²) in [5.74, 6) is 1.53. The molecular weight excluding hydrogens is 396 g/mol. The molecule has 0 saturated heterocycles. The number of rotatable bonds is 4. The highest BCUT2D eigenvalue weighted by molar-refractivity contribution is 5.85. The van der Waals surface area contributed by atoms with Gasteiger partial charge >= 0.3 is 0 Å². The molecule has 0 aliphatic heterocycles. The molecule has 6 heteroatoms. The molecule has 32 heavy (non-hydrogen) atoms. The molecule has 6 nitrogen and oxygen atoms in total. The van der Waals surface area contributed by atoms with Gasteiger partial charge in [0.15, 0.2) is 0 Å². The average Bonchev–Trinajstić information content (AvgIpc) is 3.49. The quantitative estimate of drug-likeness (QED) is 0.359. The lowest BCUT2D eigenvalue weighted by atomic mass is 10.0. The van der Waals surface area contributed by atoms with E-state index in [4.69, 9.17) is 5.73 Å². The summed E-state index contributed by atoms with van der Waals surface area (Å²) < 4.78 is 1.78. The van der Waals surface area contributed by atoms with Crippen LogP contribution in [0.25, 0.3) is 38.8 Å². The van der Waals surface area contributed by atoms with Gasteiger partial charge in [0.2, 0.25) is 0 Å². The van der Waals surface area contributed by atoms with E-state index >= 15 is 0 Å². The summed E-state index contributed by atoms with van der Waals surface area (Å²) in [4.78, 5) is 11.3. The summed E-state index contributed by atoms with van der Waals surface area (Å²) in [7, 11) is 0. The summed E-state index contributed by atoms with van der Waals surface area (Å²) >= 11 is 0. The highest BCUT2D eigenvalue weighted by atomic mass is 15.3. The van der Waals surface area contributed by atoms with E-state index in [0.717, 1.165) is 39.3 Å². The van der Waals surface area contributed by atoms with Crippen molar-refractivity contribution in [2.24, 2.45) is 0 Å². The number of nitrogen functional groups attached to an aromatic ring is 1. The van der Waals surface area contributed by atoms with Crippen LogP contribution in [-0.4, -0.2) is 24.7 Å². The zero-order valence-electron chi connectivity index (χ0n) is 17.6. The van der Waals surface area contributed by atoms with Crippen molar-refractivity contribution in [1.82, 2.24) is 24.7 Å². The number of nitrogens with zero attached hydrogens (tertiary/aromatic N) is 3. The first-order chi connectivity index (χ1) is 15.6. The molecule has 0 radical (unpaired) electrons. The van der Waals surface area contributed by atoms with Gasteiger partial charge in [0.1, 0.15) is 11.6 Å². The Kier molecular flexibility index (Phi) is 4.11. The number of aryl methyl sites for hydroxylation is 1. The van der Waals surface area contributed by atoms with Crippen LogP contribution in [-0.2, 0) is 6.42 Å². The van der Waals surface area contributed by atoms with Gasteiger partial charge in [-0.2, -0.15) is 5.10 Å². The molecule has 0 saturated carbocycles. The molecule has 156 valence electrons. The number of H-pyrrole nitrogens is 2. The standard InChI is InChI=1S/C26H22N6/c1-16-29-23-10-9-22(14-25(23)30-16)32-26(27)20(15-28-32)12-21-11-19-8-7-18(13-24(19)31-21)17-5-3-2-4-6-17/h2-11,13-15,31H,12,27H2,1H3,(H,29,30). The Bertz CT molecular complexity index is 1570. The molecule has 0 fully saturated rings.